The molecule has 0 spiro atoms. The maximum absolute atomic E-state index is 10.3. The minimum atomic E-state index is -0.202. The average Bonchev–Trinajstić information content (AvgIpc) is 1.90. The van der Waals surface area contributed by atoms with E-state index in [-0.39, 0.29) is 5.24 Å². The van der Waals surface area contributed by atoms with Crippen LogP contribution in [0.4, 0.5) is 0 Å². The molecule has 1 nitrogen and oxygen atoms in total. The molecule has 0 aliphatic carbocycles. The molecule has 10 heavy (non-hydrogen) atoms. The van der Waals surface area contributed by atoms with Crippen LogP contribution in [0.2, 0.25) is 0 Å². The summed E-state index contributed by atoms with van der Waals surface area (Å²) in [6, 6.07) is 0. The van der Waals surface area contributed by atoms with Crippen molar-refractivity contribution in [3.63, 3.8) is 0 Å². The summed E-state index contributed by atoms with van der Waals surface area (Å²) >= 11 is 5.20. The molecule has 0 heterocycles. The van der Waals surface area contributed by atoms with E-state index in [9.17, 15) is 4.79 Å². The summed E-state index contributed by atoms with van der Waals surface area (Å²) in [5.74, 6) is 0.683. The van der Waals surface area contributed by atoms with Crippen molar-refractivity contribution in [3.05, 3.63) is 0 Å². The Hall–Kier alpha value is -0.0400. The fourth-order valence-corrected chi connectivity index (χ4v) is 1.12. The van der Waals surface area contributed by atoms with E-state index in [0.717, 1.165) is 19.3 Å². The molecule has 0 N–H and O–H groups in total. The zero-order valence-electron chi connectivity index (χ0n) is 6.69. The topological polar surface area (TPSA) is 17.1 Å². The minimum Gasteiger partial charge on any atom is -0.281 e. The molecule has 0 bridgehead atoms. The molecule has 0 saturated heterocycles. The molecule has 0 rings (SSSR count). The summed E-state index contributed by atoms with van der Waals surface area (Å²) in [4.78, 5) is 10.3. The lowest BCUT2D eigenvalue weighted by Crippen LogP contribution is -1.98. The van der Waals surface area contributed by atoms with Crippen LogP contribution in [0.15, 0.2) is 0 Å². The average molecular weight is 163 g/mol. The van der Waals surface area contributed by atoms with Crippen LogP contribution in [0.1, 0.15) is 39.5 Å². The van der Waals surface area contributed by atoms with Crippen LogP contribution >= 0.6 is 11.6 Å². The Morgan fingerprint density at radius 3 is 2.20 bits per heavy atom. The molecule has 0 fully saturated rings. The van der Waals surface area contributed by atoms with Gasteiger partial charge in [0.05, 0.1) is 0 Å². The number of hydrogen-bond acceptors (Lipinski definition) is 1. The van der Waals surface area contributed by atoms with Crippen LogP contribution in [-0.4, -0.2) is 5.24 Å². The Balaban J connectivity index is 3.34. The lowest BCUT2D eigenvalue weighted by Gasteiger charge is -2.08. The second-order valence-electron chi connectivity index (χ2n) is 2.58. The van der Waals surface area contributed by atoms with Gasteiger partial charge in [-0.15, -0.1) is 0 Å². The lowest BCUT2D eigenvalue weighted by molar-refractivity contribution is -0.111. The van der Waals surface area contributed by atoms with Gasteiger partial charge in [-0.05, 0) is 23.9 Å². The molecule has 2 heteroatoms. The summed E-state index contributed by atoms with van der Waals surface area (Å²) in [5, 5.41) is -0.202. The van der Waals surface area contributed by atoms with Gasteiger partial charge in [-0.25, -0.2) is 0 Å². The maximum Gasteiger partial charge on any atom is 0.221 e. The molecule has 0 aromatic rings. The predicted molar refractivity (Wildman–Crippen MR) is 44.2 cm³/mol. The van der Waals surface area contributed by atoms with Crippen molar-refractivity contribution in [2.24, 2.45) is 5.92 Å². The first-order valence-corrected chi connectivity index (χ1v) is 4.26. The van der Waals surface area contributed by atoms with E-state index in [1.165, 1.54) is 0 Å². The van der Waals surface area contributed by atoms with Crippen LogP contribution in [-0.2, 0) is 4.79 Å². The Morgan fingerprint density at radius 1 is 1.40 bits per heavy atom. The van der Waals surface area contributed by atoms with Gasteiger partial charge in [0.15, 0.2) is 0 Å². The Morgan fingerprint density at radius 2 is 1.90 bits per heavy atom. The maximum atomic E-state index is 10.3. The second-order valence-corrected chi connectivity index (χ2v) is 3.00. The van der Waals surface area contributed by atoms with Gasteiger partial charge in [-0.3, -0.25) is 4.79 Å². The number of carbonyl (C=O) groups excluding carboxylic acids is 1. The summed E-state index contributed by atoms with van der Waals surface area (Å²) < 4.78 is 0. The quantitative estimate of drug-likeness (QED) is 0.568. The van der Waals surface area contributed by atoms with E-state index < -0.39 is 0 Å². The van der Waals surface area contributed by atoms with Crippen molar-refractivity contribution >= 4 is 16.8 Å². The summed E-state index contributed by atoms with van der Waals surface area (Å²) in [7, 11) is 0. The van der Waals surface area contributed by atoms with Gasteiger partial charge in [-0.2, -0.15) is 0 Å². The highest BCUT2D eigenvalue weighted by molar-refractivity contribution is 6.63. The van der Waals surface area contributed by atoms with Crippen LogP contribution in [0.3, 0.4) is 0 Å². The number of rotatable bonds is 5. The zero-order chi connectivity index (χ0) is 7.98. The highest BCUT2D eigenvalue weighted by atomic mass is 35.5. The third kappa shape index (κ3) is 4.80. The van der Waals surface area contributed by atoms with Crippen molar-refractivity contribution in [2.45, 2.75) is 39.5 Å². The van der Waals surface area contributed by atoms with Crippen molar-refractivity contribution in [1.82, 2.24) is 0 Å². The van der Waals surface area contributed by atoms with Crippen molar-refractivity contribution in [2.75, 3.05) is 0 Å². The fraction of sp³-hybridized carbons (Fsp3) is 0.875. The van der Waals surface area contributed by atoms with E-state index >= 15 is 0 Å². The monoisotopic (exact) mass is 162 g/mol. The van der Waals surface area contributed by atoms with Crippen molar-refractivity contribution < 1.29 is 4.79 Å². The van der Waals surface area contributed by atoms with Crippen molar-refractivity contribution in [1.29, 1.82) is 0 Å². The SMILES string of the molecule is CCC(CC)CCC(=O)Cl. The predicted octanol–water partition coefficient (Wildman–Crippen LogP) is 2.97. The lowest BCUT2D eigenvalue weighted by atomic mass is 9.98. The molecule has 0 atom stereocenters. The third-order valence-electron chi connectivity index (χ3n) is 1.90. The van der Waals surface area contributed by atoms with Crippen LogP contribution in [0.25, 0.3) is 0 Å². The molecule has 0 aromatic heterocycles. The molecule has 60 valence electrons. The van der Waals surface area contributed by atoms with Gasteiger partial charge < -0.3 is 0 Å². The van der Waals surface area contributed by atoms with Gasteiger partial charge >= 0.3 is 0 Å². The molecule has 0 aromatic carbocycles. The Labute approximate surface area is 67.8 Å². The summed E-state index contributed by atoms with van der Waals surface area (Å²) in [6.07, 6.45) is 3.80. The highest BCUT2D eigenvalue weighted by Crippen LogP contribution is 2.15. The first-order chi connectivity index (χ1) is 4.70. The fourth-order valence-electron chi connectivity index (χ4n) is 1.01. The molecule has 0 amide bonds. The van der Waals surface area contributed by atoms with E-state index in [2.05, 4.69) is 13.8 Å². The van der Waals surface area contributed by atoms with Crippen LogP contribution < -0.4 is 0 Å². The van der Waals surface area contributed by atoms with E-state index in [1.54, 1.807) is 0 Å². The molecular weight excluding hydrogens is 148 g/mol. The van der Waals surface area contributed by atoms with Gasteiger partial charge in [0, 0.05) is 6.42 Å². The van der Waals surface area contributed by atoms with Crippen LogP contribution in [0, 0.1) is 5.92 Å². The highest BCUT2D eigenvalue weighted by Gasteiger charge is 2.04. The normalized spacial score (nSPS) is 10.4. The van der Waals surface area contributed by atoms with Crippen molar-refractivity contribution in [3.8, 4) is 0 Å². The first kappa shape index (κ1) is 9.96. The van der Waals surface area contributed by atoms with Gasteiger partial charge in [0.2, 0.25) is 5.24 Å². The molecular formula is C8H15ClO. The molecule has 0 aliphatic heterocycles. The van der Waals surface area contributed by atoms with E-state index in [1.807, 2.05) is 0 Å². The summed E-state index contributed by atoms with van der Waals surface area (Å²) in [6.45, 7) is 4.29. The molecule has 0 radical (unpaired) electrons. The van der Waals surface area contributed by atoms with Gasteiger partial charge in [-0.1, -0.05) is 26.7 Å². The zero-order valence-corrected chi connectivity index (χ0v) is 7.45. The van der Waals surface area contributed by atoms with Gasteiger partial charge in [0.25, 0.3) is 0 Å². The molecule has 0 unspecified atom stereocenters. The minimum absolute atomic E-state index is 0.202. The third-order valence-corrected chi connectivity index (χ3v) is 2.09. The number of carbonyl (C=O) groups is 1. The molecule has 0 saturated carbocycles. The second kappa shape index (κ2) is 5.72. The Kier molecular flexibility index (Phi) is 5.70. The van der Waals surface area contributed by atoms with E-state index in [4.69, 9.17) is 11.6 Å². The Bertz CT molecular complexity index is 97.4. The molecule has 0 aliphatic rings. The van der Waals surface area contributed by atoms with E-state index in [0.29, 0.717) is 12.3 Å². The smallest absolute Gasteiger partial charge is 0.221 e. The standard InChI is InChI=1S/C8H15ClO/c1-3-7(4-2)5-6-8(9)10/h7H,3-6H2,1-2H3. The van der Waals surface area contributed by atoms with Crippen LogP contribution in [0.5, 0.6) is 0 Å². The number of halogens is 1. The first-order valence-electron chi connectivity index (χ1n) is 3.89. The van der Waals surface area contributed by atoms with Gasteiger partial charge in [0.1, 0.15) is 0 Å². The summed E-state index contributed by atoms with van der Waals surface area (Å²) in [5.41, 5.74) is 0. The number of hydrogen-bond donors (Lipinski definition) is 0. The largest absolute Gasteiger partial charge is 0.281 e.